The number of aliphatic hydroxyl groups excluding tert-OH is 1. The Morgan fingerprint density at radius 1 is 1.26 bits per heavy atom. The number of aliphatic hydroxyl groups is 1. The van der Waals surface area contributed by atoms with Gasteiger partial charge < -0.3 is 19.9 Å². The number of carbonyl (C=O) groups is 1. The summed E-state index contributed by atoms with van der Waals surface area (Å²) in [5, 5.41) is 9.87. The number of anilines is 1. The van der Waals surface area contributed by atoms with Crippen LogP contribution < -0.4 is 4.90 Å². The van der Waals surface area contributed by atoms with E-state index in [2.05, 4.69) is 14.9 Å². The first-order valence-electron chi connectivity index (χ1n) is 8.20. The van der Waals surface area contributed by atoms with Crippen LogP contribution in [0.1, 0.15) is 20.3 Å². The quantitative estimate of drug-likeness (QED) is 0.899. The molecule has 0 bridgehead atoms. The molecule has 2 heterocycles. The molecule has 1 unspecified atom stereocenters. The first-order valence-corrected chi connectivity index (χ1v) is 8.20. The van der Waals surface area contributed by atoms with Crippen molar-refractivity contribution in [2.75, 3.05) is 31.1 Å². The number of nitrogens with one attached hydrogen (secondary N) is 1. The van der Waals surface area contributed by atoms with Crippen LogP contribution in [0.15, 0.2) is 24.3 Å². The fraction of sp³-hybridized carbons (Fsp3) is 0.529. The van der Waals surface area contributed by atoms with Crippen LogP contribution in [0.4, 0.5) is 5.95 Å². The maximum absolute atomic E-state index is 12.2. The summed E-state index contributed by atoms with van der Waals surface area (Å²) in [5.74, 6) is 1.01. The Labute approximate surface area is 136 Å². The second-order valence-corrected chi connectivity index (χ2v) is 6.46. The molecule has 1 aromatic heterocycles. The zero-order chi connectivity index (χ0) is 16.4. The van der Waals surface area contributed by atoms with Crippen molar-refractivity contribution in [2.45, 2.75) is 26.4 Å². The lowest BCUT2D eigenvalue weighted by molar-refractivity contribution is -0.134. The predicted octanol–water partition coefficient (Wildman–Crippen LogP) is 1.62. The summed E-state index contributed by atoms with van der Waals surface area (Å²) in [6.45, 7) is 6.70. The summed E-state index contributed by atoms with van der Waals surface area (Å²) >= 11 is 0. The van der Waals surface area contributed by atoms with Gasteiger partial charge in [0.1, 0.15) is 0 Å². The van der Waals surface area contributed by atoms with E-state index in [1.165, 1.54) is 0 Å². The summed E-state index contributed by atoms with van der Waals surface area (Å²) < 4.78 is 0. The van der Waals surface area contributed by atoms with Crippen LogP contribution >= 0.6 is 0 Å². The first-order chi connectivity index (χ1) is 11.0. The van der Waals surface area contributed by atoms with E-state index in [1.54, 1.807) is 0 Å². The van der Waals surface area contributed by atoms with Gasteiger partial charge in [0.2, 0.25) is 11.9 Å². The molecule has 6 nitrogen and oxygen atoms in total. The van der Waals surface area contributed by atoms with E-state index >= 15 is 0 Å². The number of nitrogens with zero attached hydrogens (tertiary/aromatic N) is 3. The Hall–Kier alpha value is -2.08. The van der Waals surface area contributed by atoms with Gasteiger partial charge in [-0.15, -0.1) is 0 Å². The predicted molar refractivity (Wildman–Crippen MR) is 90.3 cm³/mol. The molecule has 1 aliphatic heterocycles. The largest absolute Gasteiger partial charge is 0.392 e. The van der Waals surface area contributed by atoms with Gasteiger partial charge in [0.15, 0.2) is 0 Å². The molecule has 1 aromatic carbocycles. The van der Waals surface area contributed by atoms with E-state index < -0.39 is 6.10 Å². The van der Waals surface area contributed by atoms with E-state index in [1.807, 2.05) is 43.0 Å². The van der Waals surface area contributed by atoms with Gasteiger partial charge >= 0.3 is 0 Å². The van der Waals surface area contributed by atoms with E-state index in [4.69, 9.17) is 0 Å². The SMILES string of the molecule is CC(C)C(O)CC(=O)N1CCN(c2nc3ccccc3[nH]2)CC1. The minimum Gasteiger partial charge on any atom is -0.392 e. The minimum absolute atomic E-state index is 0.0375. The van der Waals surface area contributed by atoms with Gasteiger partial charge in [0.05, 0.1) is 23.6 Å². The molecular weight excluding hydrogens is 292 g/mol. The lowest BCUT2D eigenvalue weighted by Crippen LogP contribution is -2.49. The highest BCUT2D eigenvalue weighted by molar-refractivity contribution is 5.78. The van der Waals surface area contributed by atoms with E-state index in [0.717, 1.165) is 30.1 Å². The topological polar surface area (TPSA) is 72.5 Å². The number of carbonyl (C=O) groups excluding carboxylic acids is 1. The number of para-hydroxylation sites is 2. The van der Waals surface area contributed by atoms with Crippen molar-refractivity contribution >= 4 is 22.9 Å². The molecule has 0 aliphatic carbocycles. The highest BCUT2D eigenvalue weighted by Crippen LogP contribution is 2.19. The molecule has 1 amide bonds. The molecule has 124 valence electrons. The molecule has 1 atom stereocenters. The average molecular weight is 316 g/mol. The third kappa shape index (κ3) is 3.47. The molecule has 23 heavy (non-hydrogen) atoms. The zero-order valence-corrected chi connectivity index (χ0v) is 13.7. The van der Waals surface area contributed by atoms with Crippen molar-refractivity contribution in [3.05, 3.63) is 24.3 Å². The molecule has 2 aromatic rings. The highest BCUT2D eigenvalue weighted by atomic mass is 16.3. The van der Waals surface area contributed by atoms with Crippen LogP contribution in [0.5, 0.6) is 0 Å². The lowest BCUT2D eigenvalue weighted by Gasteiger charge is -2.35. The van der Waals surface area contributed by atoms with Crippen LogP contribution in [-0.4, -0.2) is 58.2 Å². The van der Waals surface area contributed by atoms with E-state index in [9.17, 15) is 9.90 Å². The van der Waals surface area contributed by atoms with Crippen molar-refractivity contribution < 1.29 is 9.90 Å². The van der Waals surface area contributed by atoms with Crippen molar-refractivity contribution in [3.63, 3.8) is 0 Å². The van der Waals surface area contributed by atoms with Gasteiger partial charge in [-0.25, -0.2) is 4.98 Å². The van der Waals surface area contributed by atoms with E-state index in [0.29, 0.717) is 13.1 Å². The Balaban J connectivity index is 1.58. The number of H-pyrrole nitrogens is 1. The second-order valence-electron chi connectivity index (χ2n) is 6.46. The number of rotatable bonds is 4. The number of hydrogen-bond donors (Lipinski definition) is 2. The van der Waals surface area contributed by atoms with Gasteiger partial charge in [-0.1, -0.05) is 26.0 Å². The van der Waals surface area contributed by atoms with E-state index in [-0.39, 0.29) is 18.2 Å². The van der Waals surface area contributed by atoms with Crippen molar-refractivity contribution in [2.24, 2.45) is 5.92 Å². The Bertz CT molecular complexity index is 641. The number of imidazole rings is 1. The summed E-state index contributed by atoms with van der Waals surface area (Å²) in [6, 6.07) is 7.96. The standard InChI is InChI=1S/C17H24N4O2/c1-12(2)15(22)11-16(23)20-7-9-21(10-8-20)17-18-13-5-3-4-6-14(13)19-17/h3-6,12,15,22H,7-11H2,1-2H3,(H,18,19). The van der Waals surface area contributed by atoms with Crippen molar-refractivity contribution in [3.8, 4) is 0 Å². The van der Waals surface area contributed by atoms with Crippen LogP contribution in [-0.2, 0) is 4.79 Å². The highest BCUT2D eigenvalue weighted by Gasteiger charge is 2.25. The first kappa shape index (κ1) is 15.8. The van der Waals surface area contributed by atoms with Crippen LogP contribution in [0, 0.1) is 5.92 Å². The fourth-order valence-electron chi connectivity index (χ4n) is 2.80. The molecular formula is C17H24N4O2. The molecule has 1 saturated heterocycles. The third-order valence-electron chi connectivity index (χ3n) is 4.46. The number of fused-ring (bicyclic) bond motifs is 1. The molecule has 1 aliphatic rings. The zero-order valence-electron chi connectivity index (χ0n) is 13.7. The maximum atomic E-state index is 12.2. The lowest BCUT2D eigenvalue weighted by atomic mass is 10.0. The number of piperazine rings is 1. The summed E-state index contributed by atoms with van der Waals surface area (Å²) in [6.07, 6.45) is -0.349. The molecule has 1 fully saturated rings. The second kappa shape index (κ2) is 6.58. The summed E-state index contributed by atoms with van der Waals surface area (Å²) in [7, 11) is 0. The number of aromatic amines is 1. The number of aromatic nitrogens is 2. The monoisotopic (exact) mass is 316 g/mol. The van der Waals surface area contributed by atoms with Crippen molar-refractivity contribution in [1.29, 1.82) is 0 Å². The Morgan fingerprint density at radius 2 is 1.96 bits per heavy atom. The molecule has 6 heteroatoms. The minimum atomic E-state index is -0.559. The third-order valence-corrected chi connectivity index (χ3v) is 4.46. The molecule has 0 spiro atoms. The molecule has 3 rings (SSSR count). The number of hydrogen-bond acceptors (Lipinski definition) is 4. The van der Waals surface area contributed by atoms with Crippen LogP contribution in [0.3, 0.4) is 0 Å². The smallest absolute Gasteiger partial charge is 0.225 e. The van der Waals surface area contributed by atoms with Gasteiger partial charge in [0.25, 0.3) is 0 Å². The molecule has 0 radical (unpaired) electrons. The van der Waals surface area contributed by atoms with Gasteiger partial charge in [-0.2, -0.15) is 0 Å². The average Bonchev–Trinajstić information content (AvgIpc) is 2.98. The summed E-state index contributed by atoms with van der Waals surface area (Å²) in [4.78, 5) is 24.2. The van der Waals surface area contributed by atoms with Crippen molar-refractivity contribution in [1.82, 2.24) is 14.9 Å². The van der Waals surface area contributed by atoms with Gasteiger partial charge in [-0.05, 0) is 18.1 Å². The number of benzene rings is 1. The summed E-state index contributed by atoms with van der Waals surface area (Å²) in [5.41, 5.74) is 1.99. The molecule has 0 saturated carbocycles. The fourth-order valence-corrected chi connectivity index (χ4v) is 2.80. The Morgan fingerprint density at radius 3 is 2.61 bits per heavy atom. The van der Waals surface area contributed by atoms with Crippen LogP contribution in [0.2, 0.25) is 0 Å². The Kier molecular flexibility index (Phi) is 4.52. The van der Waals surface area contributed by atoms with Gasteiger partial charge in [-0.3, -0.25) is 4.79 Å². The number of amides is 1. The maximum Gasteiger partial charge on any atom is 0.225 e. The normalized spacial score (nSPS) is 17.0. The molecule has 2 N–H and O–H groups in total. The van der Waals surface area contributed by atoms with Crippen LogP contribution in [0.25, 0.3) is 11.0 Å². The van der Waals surface area contributed by atoms with Gasteiger partial charge in [0, 0.05) is 26.2 Å².